The molecule has 1 aliphatic heterocycles. The van der Waals surface area contributed by atoms with Crippen LogP contribution in [0.15, 0.2) is 140 Å². The summed E-state index contributed by atoms with van der Waals surface area (Å²) in [5.41, 5.74) is 11.3. The van der Waals surface area contributed by atoms with Gasteiger partial charge in [-0.25, -0.2) is 0 Å². The highest BCUT2D eigenvalue weighted by molar-refractivity contribution is 7.25. The maximum atomic E-state index is 2.42. The SMILES string of the molecule is CC1(C)c2ccccc2N(c2ccccc2)c2ccc(-c3ccc4sc5ccc(-c6ccccc6)cc5c4c3)cc21. The third kappa shape index (κ3) is 3.83. The molecular weight excluding hydrogens is 515 g/mol. The summed E-state index contributed by atoms with van der Waals surface area (Å²) < 4.78 is 2.66. The normalized spacial score (nSPS) is 13.8. The van der Waals surface area contributed by atoms with Crippen LogP contribution in [0.4, 0.5) is 17.1 Å². The summed E-state index contributed by atoms with van der Waals surface area (Å²) >= 11 is 1.88. The Kier molecular flexibility index (Phi) is 5.42. The highest BCUT2D eigenvalue weighted by atomic mass is 32.1. The highest BCUT2D eigenvalue weighted by Gasteiger charge is 2.36. The van der Waals surface area contributed by atoms with Crippen LogP contribution in [0, 0.1) is 0 Å². The Morgan fingerprint density at radius 2 is 1.00 bits per heavy atom. The summed E-state index contributed by atoms with van der Waals surface area (Å²) in [5, 5.41) is 2.66. The minimum absolute atomic E-state index is 0.128. The maximum Gasteiger partial charge on any atom is 0.0503 e. The van der Waals surface area contributed by atoms with Gasteiger partial charge in [0.2, 0.25) is 0 Å². The van der Waals surface area contributed by atoms with Crippen LogP contribution in [0.5, 0.6) is 0 Å². The second-order valence-electron chi connectivity index (χ2n) is 11.4. The predicted octanol–water partition coefficient (Wildman–Crippen LogP) is 11.5. The lowest BCUT2D eigenvalue weighted by Crippen LogP contribution is -2.30. The van der Waals surface area contributed by atoms with E-state index >= 15 is 0 Å². The summed E-state index contributed by atoms with van der Waals surface area (Å²) in [6.45, 7) is 4.72. The molecule has 41 heavy (non-hydrogen) atoms. The number of hydrogen-bond donors (Lipinski definition) is 0. The van der Waals surface area contributed by atoms with E-state index in [4.69, 9.17) is 0 Å². The molecule has 0 saturated carbocycles. The summed E-state index contributed by atoms with van der Waals surface area (Å²) in [6, 6.07) is 51.1. The molecule has 2 heterocycles. The monoisotopic (exact) mass is 543 g/mol. The molecule has 8 rings (SSSR count). The van der Waals surface area contributed by atoms with Crippen LogP contribution in [0.25, 0.3) is 42.4 Å². The van der Waals surface area contributed by atoms with E-state index in [1.54, 1.807) is 0 Å². The zero-order valence-corrected chi connectivity index (χ0v) is 24.0. The van der Waals surface area contributed by atoms with Gasteiger partial charge in [-0.15, -0.1) is 11.3 Å². The number of fused-ring (bicyclic) bond motifs is 5. The number of nitrogens with zero attached hydrogens (tertiary/aromatic N) is 1. The van der Waals surface area contributed by atoms with E-state index < -0.39 is 0 Å². The second kappa shape index (κ2) is 9.19. The van der Waals surface area contributed by atoms with Gasteiger partial charge in [0.1, 0.15) is 0 Å². The molecule has 0 bridgehead atoms. The molecule has 196 valence electrons. The van der Waals surface area contributed by atoms with Gasteiger partial charge in [-0.2, -0.15) is 0 Å². The Hall–Kier alpha value is -4.66. The lowest BCUT2D eigenvalue weighted by molar-refractivity contribution is 0.632. The first kappa shape index (κ1) is 24.2. The molecule has 0 spiro atoms. The summed E-state index contributed by atoms with van der Waals surface area (Å²) in [5.74, 6) is 0. The molecule has 1 aliphatic rings. The van der Waals surface area contributed by atoms with Crippen molar-refractivity contribution in [1.29, 1.82) is 0 Å². The van der Waals surface area contributed by atoms with E-state index in [2.05, 4.69) is 158 Å². The van der Waals surface area contributed by atoms with Crippen molar-refractivity contribution in [2.75, 3.05) is 4.90 Å². The Labute approximate surface area is 245 Å². The van der Waals surface area contributed by atoms with Gasteiger partial charge in [0, 0.05) is 31.3 Å². The standard InChI is InChI=1S/C39H29NS/c1-39(2)33-15-9-10-16-35(33)40(30-13-7-4-8-14-30)36-20-17-29(25-34(36)39)28-19-22-38-32(24-28)31-23-27(18-21-37(31)41-38)26-11-5-3-6-12-26/h3-25H,1-2H3. The Morgan fingerprint density at radius 3 is 1.71 bits per heavy atom. The van der Waals surface area contributed by atoms with Gasteiger partial charge in [-0.3, -0.25) is 0 Å². The fraction of sp³-hybridized carbons (Fsp3) is 0.0769. The molecular formula is C39H29NS. The number of rotatable bonds is 3. The summed E-state index contributed by atoms with van der Waals surface area (Å²) in [6.07, 6.45) is 0. The highest BCUT2D eigenvalue weighted by Crippen LogP contribution is 2.52. The van der Waals surface area contributed by atoms with Crippen molar-refractivity contribution in [3.63, 3.8) is 0 Å². The van der Waals surface area contributed by atoms with Crippen molar-refractivity contribution >= 4 is 48.6 Å². The molecule has 0 aliphatic carbocycles. The number of benzene rings is 6. The number of para-hydroxylation sites is 2. The molecule has 6 aromatic carbocycles. The minimum Gasteiger partial charge on any atom is -0.310 e. The topological polar surface area (TPSA) is 3.24 Å². The van der Waals surface area contributed by atoms with Crippen LogP contribution in [0.3, 0.4) is 0 Å². The average molecular weight is 544 g/mol. The van der Waals surface area contributed by atoms with Gasteiger partial charge in [0.25, 0.3) is 0 Å². The minimum atomic E-state index is -0.128. The van der Waals surface area contributed by atoms with Crippen LogP contribution in [-0.4, -0.2) is 0 Å². The van der Waals surface area contributed by atoms with E-state index in [1.807, 2.05) is 11.3 Å². The number of hydrogen-bond acceptors (Lipinski definition) is 2. The second-order valence-corrected chi connectivity index (χ2v) is 12.5. The van der Waals surface area contributed by atoms with Crippen LogP contribution < -0.4 is 4.90 Å². The van der Waals surface area contributed by atoms with Crippen molar-refractivity contribution in [3.8, 4) is 22.3 Å². The summed E-state index contributed by atoms with van der Waals surface area (Å²) in [4.78, 5) is 2.42. The molecule has 0 N–H and O–H groups in total. The average Bonchev–Trinajstić information content (AvgIpc) is 3.39. The quantitative estimate of drug-likeness (QED) is 0.214. The van der Waals surface area contributed by atoms with Gasteiger partial charge in [-0.1, -0.05) is 98.8 Å². The Morgan fingerprint density at radius 1 is 0.463 bits per heavy atom. The molecule has 0 fully saturated rings. The molecule has 7 aromatic rings. The van der Waals surface area contributed by atoms with Crippen LogP contribution >= 0.6 is 11.3 Å². The van der Waals surface area contributed by atoms with E-state index in [0.29, 0.717) is 0 Å². The molecule has 2 heteroatoms. The Bertz CT molecular complexity index is 2070. The largest absolute Gasteiger partial charge is 0.310 e. The zero-order valence-electron chi connectivity index (χ0n) is 23.1. The van der Waals surface area contributed by atoms with Crippen molar-refractivity contribution in [3.05, 3.63) is 151 Å². The molecule has 0 atom stereocenters. The third-order valence-electron chi connectivity index (χ3n) is 8.65. The Balaban J connectivity index is 1.29. The smallest absolute Gasteiger partial charge is 0.0503 e. The molecule has 0 saturated heterocycles. The fourth-order valence-electron chi connectivity index (χ4n) is 6.51. The lowest BCUT2D eigenvalue weighted by atomic mass is 9.73. The van der Waals surface area contributed by atoms with Gasteiger partial charge in [-0.05, 0) is 88.0 Å². The molecule has 0 unspecified atom stereocenters. The fourth-order valence-corrected chi connectivity index (χ4v) is 7.57. The zero-order chi connectivity index (χ0) is 27.6. The molecule has 0 amide bonds. The van der Waals surface area contributed by atoms with E-state index in [-0.39, 0.29) is 5.41 Å². The van der Waals surface area contributed by atoms with E-state index in [9.17, 15) is 0 Å². The maximum absolute atomic E-state index is 2.42. The predicted molar refractivity (Wildman–Crippen MR) is 177 cm³/mol. The molecule has 1 aromatic heterocycles. The van der Waals surface area contributed by atoms with Crippen molar-refractivity contribution < 1.29 is 0 Å². The third-order valence-corrected chi connectivity index (χ3v) is 9.80. The lowest BCUT2D eigenvalue weighted by Gasteiger charge is -2.42. The molecule has 1 nitrogen and oxygen atoms in total. The van der Waals surface area contributed by atoms with E-state index in [0.717, 1.165) is 0 Å². The van der Waals surface area contributed by atoms with Crippen LogP contribution in [-0.2, 0) is 5.41 Å². The van der Waals surface area contributed by atoms with Crippen LogP contribution in [0.2, 0.25) is 0 Å². The van der Waals surface area contributed by atoms with Crippen molar-refractivity contribution in [2.45, 2.75) is 19.3 Å². The first-order valence-corrected chi connectivity index (χ1v) is 15.0. The van der Waals surface area contributed by atoms with Gasteiger partial charge in [0.05, 0.1) is 11.4 Å². The van der Waals surface area contributed by atoms with Gasteiger partial charge in [0.15, 0.2) is 0 Å². The first-order valence-electron chi connectivity index (χ1n) is 14.2. The van der Waals surface area contributed by atoms with Gasteiger partial charge < -0.3 is 4.90 Å². The summed E-state index contributed by atoms with van der Waals surface area (Å²) in [7, 11) is 0. The number of anilines is 3. The van der Waals surface area contributed by atoms with Crippen molar-refractivity contribution in [2.24, 2.45) is 0 Å². The van der Waals surface area contributed by atoms with Gasteiger partial charge >= 0.3 is 0 Å². The van der Waals surface area contributed by atoms with Crippen molar-refractivity contribution in [1.82, 2.24) is 0 Å². The number of thiophene rings is 1. The van der Waals surface area contributed by atoms with E-state index in [1.165, 1.54) is 70.6 Å². The van der Waals surface area contributed by atoms with Crippen LogP contribution in [0.1, 0.15) is 25.0 Å². The molecule has 0 radical (unpaired) electrons. The first-order chi connectivity index (χ1) is 20.1.